The van der Waals surface area contributed by atoms with Crippen molar-refractivity contribution in [1.29, 1.82) is 0 Å². The van der Waals surface area contributed by atoms with Gasteiger partial charge in [-0.25, -0.2) is 0 Å². The lowest BCUT2D eigenvalue weighted by atomic mass is 10.1. The number of hydrogen-bond acceptors (Lipinski definition) is 4. The summed E-state index contributed by atoms with van der Waals surface area (Å²) in [6.07, 6.45) is 0. The molecule has 4 rings (SSSR count). The molecule has 0 aliphatic rings. The molecule has 1 atom stereocenters. The number of thioether (sulfide) groups is 1. The predicted octanol–water partition coefficient (Wildman–Crippen LogP) is 6.73. The van der Waals surface area contributed by atoms with Gasteiger partial charge < -0.3 is 15.4 Å². The Morgan fingerprint density at radius 3 is 2.11 bits per heavy atom. The van der Waals surface area contributed by atoms with Gasteiger partial charge in [-0.15, -0.1) is 11.8 Å². The van der Waals surface area contributed by atoms with Crippen molar-refractivity contribution in [2.24, 2.45) is 0 Å². The van der Waals surface area contributed by atoms with Crippen LogP contribution in [0.15, 0.2) is 108 Å². The molecule has 0 aromatic heterocycles. The van der Waals surface area contributed by atoms with Gasteiger partial charge in [0.15, 0.2) is 0 Å². The quantitative estimate of drug-likeness (QED) is 0.273. The molecule has 176 valence electrons. The Morgan fingerprint density at radius 2 is 1.43 bits per heavy atom. The van der Waals surface area contributed by atoms with Gasteiger partial charge in [0, 0.05) is 21.8 Å². The summed E-state index contributed by atoms with van der Waals surface area (Å²) < 4.78 is 5.19. The molecule has 4 aromatic carbocycles. The molecule has 2 amide bonds. The third-order valence-electron chi connectivity index (χ3n) is 5.36. The normalized spacial score (nSPS) is 11.4. The van der Waals surface area contributed by atoms with E-state index in [4.69, 9.17) is 4.74 Å². The summed E-state index contributed by atoms with van der Waals surface area (Å²) >= 11 is 1.46. The standard InChI is InChI=1S/C29H26N2O3S/c1-20-11-13-23(14-12-20)31-29(33)27(21-7-4-3-5-8-21)35-26-17-15-24(16-18-26)30-28(32)22-9-6-10-25(19-22)34-2/h3-19,27H,1-2H3,(H,30,32)(H,31,33). The number of anilines is 2. The molecule has 4 aromatic rings. The van der Waals surface area contributed by atoms with Gasteiger partial charge >= 0.3 is 0 Å². The molecule has 0 fully saturated rings. The van der Waals surface area contributed by atoms with E-state index in [0.29, 0.717) is 17.0 Å². The zero-order valence-electron chi connectivity index (χ0n) is 19.5. The van der Waals surface area contributed by atoms with Crippen LogP contribution in [0.5, 0.6) is 5.75 Å². The number of rotatable bonds is 8. The smallest absolute Gasteiger partial charge is 0.255 e. The molecule has 5 nitrogen and oxygen atoms in total. The zero-order chi connectivity index (χ0) is 24.6. The zero-order valence-corrected chi connectivity index (χ0v) is 20.3. The highest BCUT2D eigenvalue weighted by atomic mass is 32.2. The van der Waals surface area contributed by atoms with Crippen molar-refractivity contribution in [3.8, 4) is 5.75 Å². The van der Waals surface area contributed by atoms with E-state index in [9.17, 15) is 9.59 Å². The number of ether oxygens (including phenoxy) is 1. The SMILES string of the molecule is COc1cccc(C(=O)Nc2ccc(SC(C(=O)Nc3ccc(C)cc3)c3ccccc3)cc2)c1. The highest BCUT2D eigenvalue weighted by molar-refractivity contribution is 8.00. The van der Waals surface area contributed by atoms with Crippen molar-refractivity contribution in [1.82, 2.24) is 0 Å². The minimum atomic E-state index is -0.435. The third kappa shape index (κ3) is 6.52. The van der Waals surface area contributed by atoms with Gasteiger partial charge in [0.2, 0.25) is 5.91 Å². The first-order valence-electron chi connectivity index (χ1n) is 11.2. The van der Waals surface area contributed by atoms with E-state index in [1.54, 1.807) is 31.4 Å². The maximum absolute atomic E-state index is 13.2. The largest absolute Gasteiger partial charge is 0.497 e. The molecule has 0 saturated carbocycles. The van der Waals surface area contributed by atoms with Crippen LogP contribution in [-0.2, 0) is 4.79 Å². The van der Waals surface area contributed by atoms with Crippen LogP contribution in [0.3, 0.4) is 0 Å². The van der Waals surface area contributed by atoms with Gasteiger partial charge in [0.25, 0.3) is 5.91 Å². The average Bonchev–Trinajstić information content (AvgIpc) is 2.90. The Bertz CT molecular complexity index is 1290. The van der Waals surface area contributed by atoms with E-state index in [1.165, 1.54) is 11.8 Å². The summed E-state index contributed by atoms with van der Waals surface area (Å²) in [5, 5.41) is 5.49. The van der Waals surface area contributed by atoms with Crippen molar-refractivity contribution in [2.75, 3.05) is 17.7 Å². The van der Waals surface area contributed by atoms with E-state index in [2.05, 4.69) is 10.6 Å². The summed E-state index contributed by atoms with van der Waals surface area (Å²) in [5.74, 6) is 0.310. The molecule has 0 radical (unpaired) electrons. The van der Waals surface area contributed by atoms with Gasteiger partial charge in [0.05, 0.1) is 7.11 Å². The van der Waals surface area contributed by atoms with Crippen molar-refractivity contribution in [3.63, 3.8) is 0 Å². The molecule has 6 heteroatoms. The van der Waals surface area contributed by atoms with Gasteiger partial charge in [-0.05, 0) is 67.1 Å². The third-order valence-corrected chi connectivity index (χ3v) is 6.62. The Kier molecular flexibility index (Phi) is 7.85. The minimum Gasteiger partial charge on any atom is -0.497 e. The van der Waals surface area contributed by atoms with Crippen LogP contribution in [-0.4, -0.2) is 18.9 Å². The molecule has 0 heterocycles. The molecule has 0 saturated heterocycles. The Hall–Kier alpha value is -4.03. The molecule has 0 bridgehead atoms. The summed E-state index contributed by atoms with van der Waals surface area (Å²) in [6, 6.07) is 31.9. The van der Waals surface area contributed by atoms with Crippen molar-refractivity contribution in [2.45, 2.75) is 17.1 Å². The summed E-state index contributed by atoms with van der Waals surface area (Å²) in [5.41, 5.74) is 3.99. The van der Waals surface area contributed by atoms with Gasteiger partial charge in [0.1, 0.15) is 11.0 Å². The van der Waals surface area contributed by atoms with E-state index < -0.39 is 5.25 Å². The van der Waals surface area contributed by atoms with Crippen LogP contribution in [0, 0.1) is 6.92 Å². The fraction of sp³-hybridized carbons (Fsp3) is 0.103. The monoisotopic (exact) mass is 482 g/mol. The highest BCUT2D eigenvalue weighted by Crippen LogP contribution is 2.36. The topological polar surface area (TPSA) is 67.4 Å². The lowest BCUT2D eigenvalue weighted by molar-refractivity contribution is -0.115. The second-order valence-corrected chi connectivity index (χ2v) is 9.15. The van der Waals surface area contributed by atoms with Crippen molar-refractivity contribution < 1.29 is 14.3 Å². The number of methoxy groups -OCH3 is 1. The molecule has 1 unspecified atom stereocenters. The fourth-order valence-electron chi connectivity index (χ4n) is 3.47. The Morgan fingerprint density at radius 1 is 0.771 bits per heavy atom. The molecule has 0 aliphatic heterocycles. The van der Waals surface area contributed by atoms with Crippen LogP contribution in [0.25, 0.3) is 0 Å². The summed E-state index contributed by atoms with van der Waals surface area (Å²) in [4.78, 5) is 26.7. The second-order valence-electron chi connectivity index (χ2n) is 7.97. The number of aryl methyl sites for hydroxylation is 1. The molecular formula is C29H26N2O3S. The van der Waals surface area contributed by atoms with Gasteiger partial charge in [-0.2, -0.15) is 0 Å². The first-order chi connectivity index (χ1) is 17.0. The maximum atomic E-state index is 13.2. The number of carbonyl (C=O) groups excluding carboxylic acids is 2. The van der Waals surface area contributed by atoms with Crippen LogP contribution in [0.1, 0.15) is 26.7 Å². The van der Waals surface area contributed by atoms with E-state index in [1.807, 2.05) is 85.8 Å². The van der Waals surface area contributed by atoms with Crippen molar-refractivity contribution in [3.05, 3.63) is 120 Å². The molecule has 0 aliphatic carbocycles. The van der Waals surface area contributed by atoms with E-state index >= 15 is 0 Å². The highest BCUT2D eigenvalue weighted by Gasteiger charge is 2.22. The van der Waals surface area contributed by atoms with E-state index in [-0.39, 0.29) is 11.8 Å². The summed E-state index contributed by atoms with van der Waals surface area (Å²) in [7, 11) is 1.57. The fourth-order valence-corrected chi connectivity index (χ4v) is 4.49. The van der Waals surface area contributed by atoms with Crippen LogP contribution >= 0.6 is 11.8 Å². The average molecular weight is 483 g/mol. The van der Waals surface area contributed by atoms with Crippen LogP contribution in [0.4, 0.5) is 11.4 Å². The number of carbonyl (C=O) groups is 2. The van der Waals surface area contributed by atoms with Crippen LogP contribution < -0.4 is 15.4 Å². The Labute approximate surface area is 209 Å². The van der Waals surface area contributed by atoms with Crippen LogP contribution in [0.2, 0.25) is 0 Å². The number of amides is 2. The number of nitrogens with one attached hydrogen (secondary N) is 2. The molecular weight excluding hydrogens is 456 g/mol. The van der Waals surface area contributed by atoms with Gasteiger partial charge in [-0.3, -0.25) is 9.59 Å². The lowest BCUT2D eigenvalue weighted by Gasteiger charge is -2.17. The number of hydrogen-bond donors (Lipinski definition) is 2. The molecule has 35 heavy (non-hydrogen) atoms. The van der Waals surface area contributed by atoms with E-state index in [0.717, 1.165) is 21.7 Å². The van der Waals surface area contributed by atoms with Crippen molar-refractivity contribution >= 4 is 35.0 Å². The molecule has 0 spiro atoms. The minimum absolute atomic E-state index is 0.0968. The number of benzene rings is 4. The first kappa shape index (κ1) is 24.1. The van der Waals surface area contributed by atoms with Gasteiger partial charge in [-0.1, -0.05) is 54.1 Å². The first-order valence-corrected chi connectivity index (χ1v) is 12.0. The maximum Gasteiger partial charge on any atom is 0.255 e. The molecule has 2 N–H and O–H groups in total. The summed E-state index contributed by atoms with van der Waals surface area (Å²) in [6.45, 7) is 2.01. The lowest BCUT2D eigenvalue weighted by Crippen LogP contribution is -2.19. The Balaban J connectivity index is 1.47. The second kappa shape index (κ2) is 11.4. The predicted molar refractivity (Wildman–Crippen MR) is 142 cm³/mol.